The molecule has 0 N–H and O–H groups in total. The first-order valence-electron chi connectivity index (χ1n) is 6.47. The molecule has 3 heterocycles. The van der Waals surface area contributed by atoms with Crippen LogP contribution in [-0.4, -0.2) is 40.7 Å². The van der Waals surface area contributed by atoms with Gasteiger partial charge in [-0.15, -0.1) is 11.3 Å². The summed E-state index contributed by atoms with van der Waals surface area (Å²) in [7, 11) is 0. The number of fused-ring (bicyclic) bond motifs is 1. The van der Waals surface area contributed by atoms with E-state index in [0.29, 0.717) is 19.5 Å². The smallest absolute Gasteiger partial charge is 0.245 e. The second-order valence-electron chi connectivity index (χ2n) is 4.96. The predicted molar refractivity (Wildman–Crippen MR) is 76.8 cm³/mol. The quantitative estimate of drug-likeness (QED) is 0.826. The van der Waals surface area contributed by atoms with E-state index in [-0.39, 0.29) is 17.9 Å². The molecule has 1 atom stereocenters. The third-order valence-electron chi connectivity index (χ3n) is 3.74. The maximum absolute atomic E-state index is 12.5. The fourth-order valence-corrected chi connectivity index (χ4v) is 4.30. The Morgan fingerprint density at radius 3 is 2.89 bits per heavy atom. The molecule has 1 aromatic rings. The van der Waals surface area contributed by atoms with E-state index in [0.717, 1.165) is 28.0 Å². The molecule has 6 heteroatoms. The Kier molecular flexibility index (Phi) is 3.62. The minimum Gasteiger partial charge on any atom is -0.335 e. The second-order valence-corrected chi connectivity index (χ2v) is 7.51. The summed E-state index contributed by atoms with van der Waals surface area (Å²) in [5.41, 5.74) is 0. The van der Waals surface area contributed by atoms with E-state index in [1.54, 1.807) is 16.2 Å². The Bertz CT molecular complexity index is 516. The highest BCUT2D eigenvalue weighted by atomic mass is 79.9. The highest BCUT2D eigenvalue weighted by Gasteiger charge is 2.39. The Balaban J connectivity index is 1.78. The molecule has 1 aromatic heterocycles. The van der Waals surface area contributed by atoms with Crippen molar-refractivity contribution in [3.8, 4) is 0 Å². The van der Waals surface area contributed by atoms with E-state index in [9.17, 15) is 9.59 Å². The molecular weight excluding hydrogens is 328 g/mol. The lowest BCUT2D eigenvalue weighted by Gasteiger charge is -2.24. The average Bonchev–Trinajstić information content (AvgIpc) is 2.99. The molecular formula is C13H15BrN2O2S. The summed E-state index contributed by atoms with van der Waals surface area (Å²) in [6, 6.07) is 3.81. The van der Waals surface area contributed by atoms with Crippen molar-refractivity contribution in [2.75, 3.05) is 13.1 Å². The number of hydrogen-bond donors (Lipinski definition) is 0. The number of halogens is 1. The highest BCUT2D eigenvalue weighted by molar-refractivity contribution is 9.11. The highest BCUT2D eigenvalue weighted by Crippen LogP contribution is 2.27. The fraction of sp³-hybridized carbons (Fsp3) is 0.538. The summed E-state index contributed by atoms with van der Waals surface area (Å²) in [6.07, 6.45) is 2.21. The molecule has 0 aliphatic carbocycles. The SMILES string of the molecule is O=C1C2CCCN2C(=O)CCN1Cc1ccc(Br)s1. The lowest BCUT2D eigenvalue weighted by atomic mass is 10.2. The molecule has 0 bridgehead atoms. The van der Waals surface area contributed by atoms with Gasteiger partial charge in [0.2, 0.25) is 11.8 Å². The first kappa shape index (κ1) is 13.1. The van der Waals surface area contributed by atoms with Crippen molar-refractivity contribution in [3.63, 3.8) is 0 Å². The molecule has 3 rings (SSSR count). The van der Waals surface area contributed by atoms with Crippen molar-refractivity contribution in [2.24, 2.45) is 0 Å². The standard InChI is InChI=1S/C13H15BrN2O2S/c14-11-4-3-9(19-11)8-15-7-5-12(17)16-6-1-2-10(16)13(15)18/h3-4,10H,1-2,5-8H2. The topological polar surface area (TPSA) is 40.6 Å². The van der Waals surface area contributed by atoms with Gasteiger partial charge >= 0.3 is 0 Å². The number of amides is 2. The first-order valence-corrected chi connectivity index (χ1v) is 8.08. The molecule has 2 fully saturated rings. The van der Waals surface area contributed by atoms with Crippen LogP contribution < -0.4 is 0 Å². The fourth-order valence-electron chi connectivity index (χ4n) is 2.80. The monoisotopic (exact) mass is 342 g/mol. The van der Waals surface area contributed by atoms with E-state index in [1.165, 1.54) is 0 Å². The van der Waals surface area contributed by atoms with Crippen LogP contribution in [0.2, 0.25) is 0 Å². The van der Waals surface area contributed by atoms with Crippen LogP contribution in [-0.2, 0) is 16.1 Å². The van der Waals surface area contributed by atoms with E-state index in [1.807, 2.05) is 17.0 Å². The van der Waals surface area contributed by atoms with Crippen LogP contribution in [0.25, 0.3) is 0 Å². The maximum atomic E-state index is 12.5. The van der Waals surface area contributed by atoms with Crippen LogP contribution in [0.3, 0.4) is 0 Å². The first-order chi connectivity index (χ1) is 9.15. The molecule has 0 aromatic carbocycles. The number of carbonyl (C=O) groups excluding carboxylic acids is 2. The lowest BCUT2D eigenvalue weighted by Crippen LogP contribution is -2.43. The summed E-state index contributed by atoms with van der Waals surface area (Å²) in [5.74, 6) is 0.249. The normalized spacial score (nSPS) is 23.7. The van der Waals surface area contributed by atoms with E-state index in [2.05, 4.69) is 15.9 Å². The summed E-state index contributed by atoms with van der Waals surface area (Å²) >= 11 is 5.08. The van der Waals surface area contributed by atoms with Gasteiger partial charge in [-0.3, -0.25) is 9.59 Å². The van der Waals surface area contributed by atoms with Gasteiger partial charge in [-0.05, 0) is 40.9 Å². The van der Waals surface area contributed by atoms with Crippen LogP contribution in [0.1, 0.15) is 24.1 Å². The minimum atomic E-state index is -0.210. The summed E-state index contributed by atoms with van der Waals surface area (Å²) in [4.78, 5) is 29.3. The Morgan fingerprint density at radius 2 is 2.16 bits per heavy atom. The Labute approximate surface area is 124 Å². The van der Waals surface area contributed by atoms with Crippen molar-refractivity contribution in [3.05, 3.63) is 20.8 Å². The van der Waals surface area contributed by atoms with Crippen LogP contribution in [0.15, 0.2) is 15.9 Å². The zero-order valence-corrected chi connectivity index (χ0v) is 12.9. The van der Waals surface area contributed by atoms with Crippen molar-refractivity contribution in [1.29, 1.82) is 0 Å². The molecule has 2 saturated heterocycles. The van der Waals surface area contributed by atoms with Gasteiger partial charge in [0.1, 0.15) is 6.04 Å². The Hall–Kier alpha value is -0.880. The van der Waals surface area contributed by atoms with Crippen molar-refractivity contribution in [1.82, 2.24) is 9.80 Å². The van der Waals surface area contributed by atoms with Gasteiger partial charge in [0.25, 0.3) is 0 Å². The number of rotatable bonds is 2. The zero-order valence-electron chi connectivity index (χ0n) is 10.5. The summed E-state index contributed by atoms with van der Waals surface area (Å²) in [5, 5.41) is 0. The number of carbonyl (C=O) groups is 2. The van der Waals surface area contributed by atoms with Gasteiger partial charge in [0, 0.05) is 24.4 Å². The van der Waals surface area contributed by atoms with Crippen molar-refractivity contribution in [2.45, 2.75) is 31.8 Å². The summed E-state index contributed by atoms with van der Waals surface area (Å²) < 4.78 is 1.07. The third-order valence-corrected chi connectivity index (χ3v) is 5.35. The van der Waals surface area contributed by atoms with Gasteiger partial charge in [0.05, 0.1) is 10.3 Å². The van der Waals surface area contributed by atoms with E-state index in [4.69, 9.17) is 0 Å². The molecule has 2 amide bonds. The molecule has 2 aliphatic rings. The van der Waals surface area contributed by atoms with E-state index < -0.39 is 0 Å². The Morgan fingerprint density at radius 1 is 1.32 bits per heavy atom. The molecule has 1 unspecified atom stereocenters. The lowest BCUT2D eigenvalue weighted by molar-refractivity contribution is -0.139. The van der Waals surface area contributed by atoms with Crippen LogP contribution in [0.5, 0.6) is 0 Å². The van der Waals surface area contributed by atoms with Gasteiger partial charge in [-0.25, -0.2) is 0 Å². The molecule has 0 spiro atoms. The largest absolute Gasteiger partial charge is 0.335 e. The van der Waals surface area contributed by atoms with E-state index >= 15 is 0 Å². The number of hydrogen-bond acceptors (Lipinski definition) is 3. The number of thiophene rings is 1. The molecule has 4 nitrogen and oxygen atoms in total. The van der Waals surface area contributed by atoms with Crippen LogP contribution in [0.4, 0.5) is 0 Å². The molecule has 102 valence electrons. The van der Waals surface area contributed by atoms with Gasteiger partial charge in [-0.1, -0.05) is 0 Å². The summed E-state index contributed by atoms with van der Waals surface area (Å²) in [6.45, 7) is 1.90. The maximum Gasteiger partial charge on any atom is 0.245 e. The third kappa shape index (κ3) is 2.56. The van der Waals surface area contributed by atoms with Crippen LogP contribution >= 0.6 is 27.3 Å². The molecule has 19 heavy (non-hydrogen) atoms. The average molecular weight is 343 g/mol. The minimum absolute atomic E-state index is 0.118. The molecule has 0 saturated carbocycles. The van der Waals surface area contributed by atoms with Crippen molar-refractivity contribution >= 4 is 39.1 Å². The number of nitrogens with zero attached hydrogens (tertiary/aromatic N) is 2. The van der Waals surface area contributed by atoms with Gasteiger partial charge in [-0.2, -0.15) is 0 Å². The van der Waals surface area contributed by atoms with Gasteiger partial charge in [0.15, 0.2) is 0 Å². The predicted octanol–water partition coefficient (Wildman–Crippen LogP) is 2.23. The second kappa shape index (κ2) is 5.25. The molecule has 0 radical (unpaired) electrons. The molecule has 2 aliphatic heterocycles. The van der Waals surface area contributed by atoms with Gasteiger partial charge < -0.3 is 9.80 Å². The van der Waals surface area contributed by atoms with Crippen molar-refractivity contribution < 1.29 is 9.59 Å². The zero-order chi connectivity index (χ0) is 13.4. The van der Waals surface area contributed by atoms with Crippen LogP contribution in [0, 0.1) is 0 Å².